The summed E-state index contributed by atoms with van der Waals surface area (Å²) in [4.78, 5) is 39.0. The number of hydrogen-bond donors (Lipinski definition) is 2. The van der Waals surface area contributed by atoms with Gasteiger partial charge in [0, 0.05) is 11.6 Å². The lowest BCUT2D eigenvalue weighted by Crippen LogP contribution is -2.03. The number of pyridine rings is 1. The molecule has 1 aromatic carbocycles. The predicted molar refractivity (Wildman–Crippen MR) is 79.3 cm³/mol. The molecule has 0 fully saturated rings. The molecule has 2 heterocycles. The van der Waals surface area contributed by atoms with Crippen molar-refractivity contribution < 1.29 is 14.8 Å². The molecule has 0 saturated carbocycles. The van der Waals surface area contributed by atoms with Gasteiger partial charge in [0.05, 0.1) is 15.1 Å². The first kappa shape index (κ1) is 13.9. The Labute approximate surface area is 125 Å². The van der Waals surface area contributed by atoms with Crippen LogP contribution in [0.2, 0.25) is 0 Å². The molecular formula is C13H7N3O5S. The number of nitrogens with zero attached hydrogens (tertiary/aromatic N) is 2. The Balaban J connectivity index is 2.26. The Morgan fingerprint density at radius 2 is 2.09 bits per heavy atom. The highest BCUT2D eigenvalue weighted by Crippen LogP contribution is 2.30. The average molecular weight is 317 g/mol. The molecule has 22 heavy (non-hydrogen) atoms. The van der Waals surface area contributed by atoms with Gasteiger partial charge in [0.25, 0.3) is 5.69 Å². The molecule has 2 N–H and O–H groups in total. The fraction of sp³-hybridized carbons (Fsp3) is 0. The van der Waals surface area contributed by atoms with Gasteiger partial charge < -0.3 is 10.1 Å². The van der Waals surface area contributed by atoms with Crippen molar-refractivity contribution in [2.24, 2.45) is 0 Å². The van der Waals surface area contributed by atoms with Crippen LogP contribution in [-0.4, -0.2) is 26.0 Å². The summed E-state index contributed by atoms with van der Waals surface area (Å²) >= 11 is 0.961. The second-order valence-corrected chi connectivity index (χ2v) is 5.37. The normalized spacial score (nSPS) is 10.7. The van der Waals surface area contributed by atoms with E-state index in [0.29, 0.717) is 15.8 Å². The number of aromatic nitrogens is 2. The number of carboxylic acids is 1. The van der Waals surface area contributed by atoms with E-state index in [4.69, 9.17) is 5.11 Å². The molecule has 2 aromatic heterocycles. The monoisotopic (exact) mass is 317 g/mol. The van der Waals surface area contributed by atoms with Gasteiger partial charge in [-0.1, -0.05) is 17.4 Å². The minimum Gasteiger partial charge on any atom is -0.477 e. The van der Waals surface area contributed by atoms with Crippen molar-refractivity contribution in [3.05, 3.63) is 55.8 Å². The lowest BCUT2D eigenvalue weighted by molar-refractivity contribution is -0.384. The lowest BCUT2D eigenvalue weighted by Gasteiger charge is -2.04. The number of rotatable bonds is 3. The highest BCUT2D eigenvalue weighted by molar-refractivity contribution is 7.16. The third-order valence-electron chi connectivity index (χ3n) is 2.98. The molecular weight excluding hydrogens is 310 g/mol. The third kappa shape index (κ3) is 2.33. The molecule has 0 aliphatic carbocycles. The number of fused-ring (bicyclic) bond motifs is 1. The summed E-state index contributed by atoms with van der Waals surface area (Å²) in [5.41, 5.74) is 0.344. The highest BCUT2D eigenvalue weighted by Gasteiger charge is 2.20. The van der Waals surface area contributed by atoms with E-state index in [1.807, 2.05) is 0 Å². The first-order valence-electron chi connectivity index (χ1n) is 5.97. The molecule has 8 nitrogen and oxygen atoms in total. The van der Waals surface area contributed by atoms with Crippen molar-refractivity contribution in [1.82, 2.24) is 9.97 Å². The molecule has 0 aliphatic rings. The van der Waals surface area contributed by atoms with Crippen LogP contribution in [0.3, 0.4) is 0 Å². The van der Waals surface area contributed by atoms with Gasteiger partial charge in [-0.3, -0.25) is 14.9 Å². The molecule has 0 atom stereocenters. The zero-order chi connectivity index (χ0) is 15.9. The number of carbonyl (C=O) groups is 1. The second kappa shape index (κ2) is 5.04. The van der Waals surface area contributed by atoms with Crippen LogP contribution in [0, 0.1) is 10.1 Å². The molecule has 3 rings (SSSR count). The molecule has 0 radical (unpaired) electrons. The molecule has 0 saturated heterocycles. The number of nitro groups is 1. The summed E-state index contributed by atoms with van der Waals surface area (Å²) in [7, 11) is 0. The highest BCUT2D eigenvalue weighted by atomic mass is 32.1. The van der Waals surface area contributed by atoms with E-state index >= 15 is 0 Å². The number of nitrogens with one attached hydrogen (secondary N) is 1. The predicted octanol–water partition coefficient (Wildman–Crippen LogP) is 2.26. The summed E-state index contributed by atoms with van der Waals surface area (Å²) in [6.07, 6.45) is 0. The van der Waals surface area contributed by atoms with Crippen molar-refractivity contribution in [2.75, 3.05) is 0 Å². The zero-order valence-electron chi connectivity index (χ0n) is 10.8. The van der Waals surface area contributed by atoms with Crippen LogP contribution in [-0.2, 0) is 0 Å². The van der Waals surface area contributed by atoms with Crippen LogP contribution < -0.4 is 4.87 Å². The van der Waals surface area contributed by atoms with Gasteiger partial charge in [-0.2, -0.15) is 0 Å². The molecule has 110 valence electrons. The van der Waals surface area contributed by atoms with Gasteiger partial charge in [-0.25, -0.2) is 9.78 Å². The Morgan fingerprint density at radius 3 is 2.77 bits per heavy atom. The lowest BCUT2D eigenvalue weighted by atomic mass is 10.1. The number of carboxylic acid groups (broad SMARTS) is 1. The van der Waals surface area contributed by atoms with Crippen molar-refractivity contribution >= 4 is 33.2 Å². The van der Waals surface area contributed by atoms with Crippen LogP contribution in [0.4, 0.5) is 5.69 Å². The fourth-order valence-electron chi connectivity index (χ4n) is 2.02. The van der Waals surface area contributed by atoms with Gasteiger partial charge in [0.2, 0.25) is 0 Å². The van der Waals surface area contributed by atoms with E-state index in [1.165, 1.54) is 0 Å². The van der Waals surface area contributed by atoms with E-state index in [9.17, 15) is 19.7 Å². The Morgan fingerprint density at radius 1 is 1.32 bits per heavy atom. The summed E-state index contributed by atoms with van der Waals surface area (Å²) in [6.45, 7) is 0. The molecule has 3 aromatic rings. The molecule has 0 amide bonds. The minimum atomic E-state index is -1.27. The second-order valence-electron chi connectivity index (χ2n) is 4.35. The maximum atomic E-state index is 11.3. The Hall–Kier alpha value is -3.07. The van der Waals surface area contributed by atoms with Gasteiger partial charge in [0.1, 0.15) is 11.4 Å². The summed E-state index contributed by atoms with van der Waals surface area (Å²) in [5, 5.41) is 20.1. The van der Waals surface area contributed by atoms with E-state index < -0.39 is 10.9 Å². The first-order chi connectivity index (χ1) is 10.5. The Kier molecular flexibility index (Phi) is 3.18. The maximum absolute atomic E-state index is 11.3. The van der Waals surface area contributed by atoms with E-state index in [2.05, 4.69) is 9.97 Å². The molecule has 0 aliphatic heterocycles. The number of aromatic amines is 1. The summed E-state index contributed by atoms with van der Waals surface area (Å²) in [5.74, 6) is -1.27. The van der Waals surface area contributed by atoms with Gasteiger partial charge in [-0.05, 0) is 18.2 Å². The van der Waals surface area contributed by atoms with Gasteiger partial charge >= 0.3 is 10.8 Å². The van der Waals surface area contributed by atoms with Crippen LogP contribution in [0.15, 0.2) is 35.1 Å². The quantitative estimate of drug-likeness (QED) is 0.563. The van der Waals surface area contributed by atoms with Crippen LogP contribution in [0.25, 0.3) is 21.5 Å². The van der Waals surface area contributed by atoms with Crippen LogP contribution in [0.1, 0.15) is 10.5 Å². The zero-order valence-corrected chi connectivity index (χ0v) is 11.6. The number of hydrogen-bond acceptors (Lipinski definition) is 6. The standard InChI is InChI=1S/C13H7N3O5S/c17-12(18)8-3-4-9(16(20)21)11(14-8)6-1-2-7-10(5-6)22-13(19)15-7/h1-5H,(H,15,19)(H,17,18). The summed E-state index contributed by atoms with van der Waals surface area (Å²) in [6, 6.07) is 6.90. The summed E-state index contributed by atoms with van der Waals surface area (Å²) < 4.78 is 0.610. The average Bonchev–Trinajstić information content (AvgIpc) is 2.85. The van der Waals surface area contributed by atoms with Crippen LogP contribution >= 0.6 is 11.3 Å². The molecule has 0 unspecified atom stereocenters. The number of H-pyrrole nitrogens is 1. The fourth-order valence-corrected chi connectivity index (χ4v) is 2.80. The minimum absolute atomic E-state index is 0.0485. The maximum Gasteiger partial charge on any atom is 0.354 e. The SMILES string of the molecule is O=C(O)c1ccc([N+](=O)[O-])c(-c2ccc3[nH]c(=O)sc3c2)n1. The number of benzene rings is 1. The van der Waals surface area contributed by atoms with E-state index in [-0.39, 0.29) is 21.9 Å². The Bertz CT molecular complexity index is 975. The van der Waals surface area contributed by atoms with Crippen molar-refractivity contribution in [1.29, 1.82) is 0 Å². The van der Waals surface area contributed by atoms with Crippen molar-refractivity contribution in [3.8, 4) is 11.3 Å². The van der Waals surface area contributed by atoms with Gasteiger partial charge in [-0.15, -0.1) is 0 Å². The van der Waals surface area contributed by atoms with Gasteiger partial charge in [0.15, 0.2) is 0 Å². The first-order valence-corrected chi connectivity index (χ1v) is 6.79. The van der Waals surface area contributed by atoms with Crippen molar-refractivity contribution in [3.63, 3.8) is 0 Å². The molecule has 0 bridgehead atoms. The molecule has 0 spiro atoms. The third-order valence-corrected chi connectivity index (χ3v) is 3.83. The largest absolute Gasteiger partial charge is 0.477 e. The van der Waals surface area contributed by atoms with Crippen molar-refractivity contribution in [2.45, 2.75) is 0 Å². The van der Waals surface area contributed by atoms with Crippen LogP contribution in [0.5, 0.6) is 0 Å². The topological polar surface area (TPSA) is 126 Å². The smallest absolute Gasteiger partial charge is 0.354 e. The molecule has 9 heteroatoms. The van der Waals surface area contributed by atoms with E-state index in [1.54, 1.807) is 18.2 Å². The number of thiazole rings is 1. The van der Waals surface area contributed by atoms with E-state index in [0.717, 1.165) is 23.5 Å². The number of aromatic carboxylic acids is 1.